The standard InChI is InChI=1S/C18H21NO2/c1-3-12-11-15(21-2)5-7-16(12)18-17-6-4-14(20)10-13(17)8-9-19-18/h4-7,10-11,18-20H,3,8-9H2,1-2H3. The number of methoxy groups -OCH3 is 1. The number of nitrogens with one attached hydrogen (secondary N) is 1. The SMILES string of the molecule is CCc1cc(OC)ccc1C1NCCc2cc(O)ccc21. The minimum absolute atomic E-state index is 0.190. The van der Waals surface area contributed by atoms with Crippen molar-refractivity contribution in [2.45, 2.75) is 25.8 Å². The van der Waals surface area contributed by atoms with Crippen molar-refractivity contribution in [3.63, 3.8) is 0 Å². The number of phenols is 1. The molecular formula is C18H21NO2. The summed E-state index contributed by atoms with van der Waals surface area (Å²) in [5, 5.41) is 13.3. The van der Waals surface area contributed by atoms with Gasteiger partial charge in [-0.3, -0.25) is 0 Å². The number of hydrogen-bond donors (Lipinski definition) is 2. The Morgan fingerprint density at radius 1 is 1.19 bits per heavy atom. The van der Waals surface area contributed by atoms with Crippen molar-refractivity contribution < 1.29 is 9.84 Å². The zero-order chi connectivity index (χ0) is 14.8. The van der Waals surface area contributed by atoms with E-state index in [0.29, 0.717) is 5.75 Å². The van der Waals surface area contributed by atoms with Crippen molar-refractivity contribution in [1.82, 2.24) is 5.32 Å². The third kappa shape index (κ3) is 2.61. The molecule has 1 unspecified atom stereocenters. The lowest BCUT2D eigenvalue weighted by atomic mass is 9.87. The van der Waals surface area contributed by atoms with Crippen LogP contribution >= 0.6 is 0 Å². The van der Waals surface area contributed by atoms with Crippen LogP contribution in [0, 0.1) is 0 Å². The summed E-state index contributed by atoms with van der Waals surface area (Å²) in [6.07, 6.45) is 1.93. The molecule has 2 aromatic carbocycles. The zero-order valence-electron chi connectivity index (χ0n) is 12.5. The maximum Gasteiger partial charge on any atom is 0.119 e. The second-order valence-corrected chi connectivity index (χ2v) is 5.44. The number of fused-ring (bicyclic) bond motifs is 1. The molecule has 0 aliphatic carbocycles. The highest BCUT2D eigenvalue weighted by atomic mass is 16.5. The molecule has 0 saturated carbocycles. The number of ether oxygens (including phenoxy) is 1. The zero-order valence-corrected chi connectivity index (χ0v) is 12.5. The first kappa shape index (κ1) is 14.0. The Morgan fingerprint density at radius 2 is 2.00 bits per heavy atom. The van der Waals surface area contributed by atoms with Crippen molar-refractivity contribution >= 4 is 0 Å². The summed E-state index contributed by atoms with van der Waals surface area (Å²) in [5.41, 5.74) is 5.09. The summed E-state index contributed by atoms with van der Waals surface area (Å²) < 4.78 is 5.33. The van der Waals surface area contributed by atoms with Crippen molar-refractivity contribution in [2.24, 2.45) is 0 Å². The van der Waals surface area contributed by atoms with E-state index in [0.717, 1.165) is 25.1 Å². The molecule has 1 aliphatic rings. The predicted octanol–water partition coefficient (Wildman–Crippen LogP) is 3.20. The highest BCUT2D eigenvalue weighted by molar-refractivity contribution is 5.47. The van der Waals surface area contributed by atoms with Gasteiger partial charge in [0.25, 0.3) is 0 Å². The van der Waals surface area contributed by atoms with Crippen LogP contribution in [-0.2, 0) is 12.8 Å². The van der Waals surface area contributed by atoms with Gasteiger partial charge in [0, 0.05) is 6.54 Å². The first-order valence-electron chi connectivity index (χ1n) is 7.45. The number of aromatic hydroxyl groups is 1. The summed E-state index contributed by atoms with van der Waals surface area (Å²) in [4.78, 5) is 0. The van der Waals surface area contributed by atoms with Gasteiger partial charge in [0.05, 0.1) is 13.2 Å². The summed E-state index contributed by atoms with van der Waals surface area (Å²) in [6, 6.07) is 12.2. The van der Waals surface area contributed by atoms with Gasteiger partial charge in [0.1, 0.15) is 11.5 Å². The molecule has 3 rings (SSSR count). The Kier molecular flexibility index (Phi) is 3.84. The Hall–Kier alpha value is -2.00. The number of benzene rings is 2. The smallest absolute Gasteiger partial charge is 0.119 e. The van der Waals surface area contributed by atoms with Crippen LogP contribution in [0.3, 0.4) is 0 Å². The molecule has 0 amide bonds. The van der Waals surface area contributed by atoms with Crippen LogP contribution in [0.1, 0.15) is 35.2 Å². The fourth-order valence-corrected chi connectivity index (χ4v) is 3.13. The third-order valence-electron chi connectivity index (χ3n) is 4.22. The molecule has 3 nitrogen and oxygen atoms in total. The van der Waals surface area contributed by atoms with E-state index in [1.807, 2.05) is 18.2 Å². The quantitative estimate of drug-likeness (QED) is 0.909. The lowest BCUT2D eigenvalue weighted by molar-refractivity contribution is 0.413. The van der Waals surface area contributed by atoms with Crippen LogP contribution < -0.4 is 10.1 Å². The highest BCUT2D eigenvalue weighted by Crippen LogP contribution is 2.33. The van der Waals surface area contributed by atoms with Gasteiger partial charge in [0.2, 0.25) is 0 Å². The van der Waals surface area contributed by atoms with Crippen molar-refractivity contribution in [2.75, 3.05) is 13.7 Å². The molecule has 0 radical (unpaired) electrons. The Labute approximate surface area is 125 Å². The van der Waals surface area contributed by atoms with Gasteiger partial charge in [-0.2, -0.15) is 0 Å². The van der Waals surface area contributed by atoms with Gasteiger partial charge in [-0.25, -0.2) is 0 Å². The van der Waals surface area contributed by atoms with E-state index in [9.17, 15) is 5.11 Å². The minimum Gasteiger partial charge on any atom is -0.508 e. The average Bonchev–Trinajstić information content (AvgIpc) is 2.53. The highest BCUT2D eigenvalue weighted by Gasteiger charge is 2.23. The fourth-order valence-electron chi connectivity index (χ4n) is 3.13. The average molecular weight is 283 g/mol. The van der Waals surface area contributed by atoms with Crippen LogP contribution in [0.15, 0.2) is 36.4 Å². The van der Waals surface area contributed by atoms with Crippen LogP contribution in [0.4, 0.5) is 0 Å². The molecule has 0 fully saturated rings. The number of hydrogen-bond acceptors (Lipinski definition) is 3. The maximum atomic E-state index is 9.68. The molecule has 21 heavy (non-hydrogen) atoms. The van der Waals surface area contributed by atoms with Gasteiger partial charge < -0.3 is 15.2 Å². The van der Waals surface area contributed by atoms with Crippen molar-refractivity contribution in [1.29, 1.82) is 0 Å². The van der Waals surface area contributed by atoms with Crippen molar-refractivity contribution in [3.8, 4) is 11.5 Å². The molecule has 110 valence electrons. The van der Waals surface area contributed by atoms with E-state index in [1.54, 1.807) is 13.2 Å². The van der Waals surface area contributed by atoms with E-state index < -0.39 is 0 Å². The molecule has 0 saturated heterocycles. The number of aryl methyl sites for hydroxylation is 1. The van der Waals surface area contributed by atoms with E-state index in [2.05, 4.69) is 24.4 Å². The number of phenolic OH excluding ortho intramolecular Hbond substituents is 1. The largest absolute Gasteiger partial charge is 0.508 e. The molecule has 1 heterocycles. The second kappa shape index (κ2) is 5.78. The van der Waals surface area contributed by atoms with Gasteiger partial charge in [-0.15, -0.1) is 0 Å². The lowest BCUT2D eigenvalue weighted by Gasteiger charge is -2.29. The van der Waals surface area contributed by atoms with Crippen molar-refractivity contribution in [3.05, 3.63) is 58.7 Å². The summed E-state index contributed by atoms with van der Waals surface area (Å²) in [5.74, 6) is 1.25. The van der Waals surface area contributed by atoms with Gasteiger partial charge in [0.15, 0.2) is 0 Å². The molecule has 2 N–H and O–H groups in total. The van der Waals surface area contributed by atoms with E-state index in [1.165, 1.54) is 22.3 Å². The van der Waals surface area contributed by atoms with Gasteiger partial charge >= 0.3 is 0 Å². The molecule has 1 aliphatic heterocycles. The van der Waals surface area contributed by atoms with Crippen LogP contribution in [0.2, 0.25) is 0 Å². The molecule has 1 atom stereocenters. The Bertz CT molecular complexity index is 652. The molecule has 0 spiro atoms. The molecular weight excluding hydrogens is 262 g/mol. The Balaban J connectivity index is 2.06. The van der Waals surface area contributed by atoms with E-state index in [4.69, 9.17) is 4.74 Å². The summed E-state index contributed by atoms with van der Waals surface area (Å²) >= 11 is 0. The predicted molar refractivity (Wildman–Crippen MR) is 84.0 cm³/mol. The molecule has 2 aromatic rings. The number of rotatable bonds is 3. The summed E-state index contributed by atoms with van der Waals surface area (Å²) in [6.45, 7) is 3.09. The third-order valence-corrected chi connectivity index (χ3v) is 4.22. The normalized spacial score (nSPS) is 17.3. The maximum absolute atomic E-state index is 9.68. The first-order valence-corrected chi connectivity index (χ1v) is 7.45. The Morgan fingerprint density at radius 3 is 2.76 bits per heavy atom. The van der Waals surface area contributed by atoms with E-state index >= 15 is 0 Å². The van der Waals surface area contributed by atoms with Gasteiger partial charge in [-0.05, 0) is 59.4 Å². The topological polar surface area (TPSA) is 41.5 Å². The molecule has 0 aromatic heterocycles. The van der Waals surface area contributed by atoms with Gasteiger partial charge in [-0.1, -0.05) is 19.1 Å². The molecule has 0 bridgehead atoms. The minimum atomic E-state index is 0.190. The first-order chi connectivity index (χ1) is 10.2. The lowest BCUT2D eigenvalue weighted by Crippen LogP contribution is -2.31. The van der Waals surface area contributed by atoms with E-state index in [-0.39, 0.29) is 6.04 Å². The van der Waals surface area contributed by atoms with Crippen LogP contribution in [0.25, 0.3) is 0 Å². The summed E-state index contributed by atoms with van der Waals surface area (Å²) in [7, 11) is 1.70. The fraction of sp³-hybridized carbons (Fsp3) is 0.333. The van der Waals surface area contributed by atoms with Crippen LogP contribution in [-0.4, -0.2) is 18.8 Å². The molecule has 3 heteroatoms. The van der Waals surface area contributed by atoms with Crippen LogP contribution in [0.5, 0.6) is 11.5 Å². The monoisotopic (exact) mass is 283 g/mol. The second-order valence-electron chi connectivity index (χ2n) is 5.44.